The molecule has 2 aromatic carbocycles. The van der Waals surface area contributed by atoms with Gasteiger partial charge in [-0.1, -0.05) is 67.1 Å². The molecule has 0 aliphatic heterocycles. The number of hydrogen-bond donors (Lipinski definition) is 1. The first-order chi connectivity index (χ1) is 14.2. The molecule has 154 valence electrons. The number of imidazole rings is 1. The largest absolute Gasteiger partial charge is 0.352 e. The van der Waals surface area contributed by atoms with E-state index >= 15 is 0 Å². The second-order valence-electron chi connectivity index (χ2n) is 7.45. The fraction of sp³-hybridized carbons (Fsp3) is 0.417. The van der Waals surface area contributed by atoms with Crippen molar-refractivity contribution in [3.63, 3.8) is 0 Å². The number of aryl methyl sites for hydroxylation is 1. The van der Waals surface area contributed by atoms with Crippen LogP contribution in [-0.2, 0) is 13.0 Å². The van der Waals surface area contributed by atoms with Gasteiger partial charge in [0.25, 0.3) is 5.91 Å². The molecule has 0 atom stereocenters. The van der Waals surface area contributed by atoms with Crippen LogP contribution < -0.4 is 5.32 Å². The van der Waals surface area contributed by atoms with E-state index in [9.17, 15) is 4.79 Å². The summed E-state index contributed by atoms with van der Waals surface area (Å²) in [5.41, 5.74) is 2.90. The molecule has 1 aromatic heterocycles. The second kappa shape index (κ2) is 11.1. The van der Waals surface area contributed by atoms with Crippen molar-refractivity contribution < 1.29 is 4.79 Å². The Morgan fingerprint density at radius 3 is 2.52 bits per heavy atom. The smallest absolute Gasteiger partial charge is 0.251 e. The van der Waals surface area contributed by atoms with Gasteiger partial charge in [0.2, 0.25) is 0 Å². The lowest BCUT2D eigenvalue weighted by Crippen LogP contribution is -2.26. The Bertz CT molecular complexity index is 918. The number of fused-ring (bicyclic) bond motifs is 1. The number of halogens is 1. The number of para-hydroxylation sites is 2. The number of nitrogens with one attached hydrogen (secondary N) is 1. The minimum atomic E-state index is -0.0453. The fourth-order valence-electron chi connectivity index (χ4n) is 3.61. The molecule has 3 aromatic rings. The van der Waals surface area contributed by atoms with Gasteiger partial charge in [0.15, 0.2) is 0 Å². The van der Waals surface area contributed by atoms with Crippen LogP contribution in [0.15, 0.2) is 53.0 Å². The number of carbonyl (C=O) groups is 1. The van der Waals surface area contributed by atoms with Crippen LogP contribution in [0.25, 0.3) is 11.0 Å². The second-order valence-corrected chi connectivity index (χ2v) is 8.36. The van der Waals surface area contributed by atoms with Crippen LogP contribution in [-0.4, -0.2) is 22.0 Å². The van der Waals surface area contributed by atoms with Crippen molar-refractivity contribution in [3.8, 4) is 0 Å². The third-order valence-electron chi connectivity index (χ3n) is 5.21. The summed E-state index contributed by atoms with van der Waals surface area (Å²) in [5.74, 6) is 1.01. The number of benzene rings is 2. The molecule has 0 saturated heterocycles. The van der Waals surface area contributed by atoms with Crippen molar-refractivity contribution >= 4 is 32.9 Å². The lowest BCUT2D eigenvalue weighted by atomic mass is 10.1. The molecule has 0 spiro atoms. The Morgan fingerprint density at radius 1 is 1.00 bits per heavy atom. The molecule has 3 rings (SSSR count). The number of hydrogen-bond acceptors (Lipinski definition) is 2. The topological polar surface area (TPSA) is 46.9 Å². The van der Waals surface area contributed by atoms with Crippen LogP contribution in [0.5, 0.6) is 0 Å². The number of carbonyl (C=O) groups excluding carboxylic acids is 1. The highest BCUT2D eigenvalue weighted by Gasteiger charge is 2.11. The molecule has 0 aliphatic rings. The van der Waals surface area contributed by atoms with Crippen LogP contribution in [0.1, 0.15) is 61.6 Å². The zero-order chi connectivity index (χ0) is 20.5. The van der Waals surface area contributed by atoms with Gasteiger partial charge in [-0.3, -0.25) is 4.79 Å². The number of amides is 1. The average Bonchev–Trinajstić information content (AvgIpc) is 3.08. The van der Waals surface area contributed by atoms with Crippen LogP contribution in [0.4, 0.5) is 0 Å². The molecule has 29 heavy (non-hydrogen) atoms. The van der Waals surface area contributed by atoms with E-state index in [2.05, 4.69) is 50.9 Å². The van der Waals surface area contributed by atoms with Gasteiger partial charge in [-0.25, -0.2) is 4.98 Å². The van der Waals surface area contributed by atoms with Gasteiger partial charge in [-0.2, -0.15) is 0 Å². The summed E-state index contributed by atoms with van der Waals surface area (Å²) in [5, 5.41) is 3.02. The van der Waals surface area contributed by atoms with Gasteiger partial charge in [-0.15, -0.1) is 0 Å². The van der Waals surface area contributed by atoms with Gasteiger partial charge in [-0.05, 0) is 42.8 Å². The molecule has 0 fully saturated rings. The van der Waals surface area contributed by atoms with Crippen molar-refractivity contribution in [2.45, 2.75) is 58.4 Å². The normalized spacial score (nSPS) is 11.1. The summed E-state index contributed by atoms with van der Waals surface area (Å²) in [7, 11) is 0. The number of unbranched alkanes of at least 4 members (excludes halogenated alkanes) is 5. The lowest BCUT2D eigenvalue weighted by Gasteiger charge is -2.10. The maximum Gasteiger partial charge on any atom is 0.251 e. The van der Waals surface area contributed by atoms with Crippen molar-refractivity contribution in [2.24, 2.45) is 0 Å². The summed E-state index contributed by atoms with van der Waals surface area (Å²) >= 11 is 3.40. The summed E-state index contributed by atoms with van der Waals surface area (Å²) in [6, 6.07) is 15.7. The Labute approximate surface area is 181 Å². The maximum absolute atomic E-state index is 12.3. The van der Waals surface area contributed by atoms with Crippen molar-refractivity contribution in [2.75, 3.05) is 6.54 Å². The fourth-order valence-corrected chi connectivity index (χ4v) is 3.87. The Hall–Kier alpha value is -2.14. The van der Waals surface area contributed by atoms with E-state index in [-0.39, 0.29) is 5.91 Å². The third-order valence-corrected chi connectivity index (χ3v) is 5.74. The monoisotopic (exact) mass is 455 g/mol. The van der Waals surface area contributed by atoms with Crippen LogP contribution in [0, 0.1) is 0 Å². The van der Waals surface area contributed by atoms with E-state index in [0.29, 0.717) is 12.1 Å². The van der Waals surface area contributed by atoms with Crippen LogP contribution in [0.2, 0.25) is 0 Å². The van der Waals surface area contributed by atoms with Gasteiger partial charge in [0.1, 0.15) is 5.82 Å². The zero-order valence-corrected chi connectivity index (χ0v) is 18.7. The first-order valence-corrected chi connectivity index (χ1v) is 11.5. The molecule has 0 unspecified atom stereocenters. The number of rotatable bonds is 11. The predicted molar refractivity (Wildman–Crippen MR) is 123 cm³/mol. The first-order valence-electron chi connectivity index (χ1n) is 10.7. The molecular formula is C24H30BrN3O. The summed E-state index contributed by atoms with van der Waals surface area (Å²) in [4.78, 5) is 17.2. The quantitative estimate of drug-likeness (QED) is 0.353. The molecule has 0 aliphatic carbocycles. The molecule has 1 heterocycles. The number of nitrogens with zero attached hydrogens (tertiary/aromatic N) is 2. The molecular weight excluding hydrogens is 426 g/mol. The Kier molecular flexibility index (Phi) is 8.29. The van der Waals surface area contributed by atoms with Gasteiger partial charge < -0.3 is 9.88 Å². The predicted octanol–water partition coefficient (Wildman–Crippen LogP) is 6.13. The first kappa shape index (κ1) is 21.6. The van der Waals surface area contributed by atoms with Gasteiger partial charge in [0.05, 0.1) is 11.0 Å². The van der Waals surface area contributed by atoms with E-state index in [1.54, 1.807) is 0 Å². The maximum atomic E-state index is 12.3. The number of aromatic nitrogens is 2. The highest BCUT2D eigenvalue weighted by Crippen LogP contribution is 2.18. The van der Waals surface area contributed by atoms with Gasteiger partial charge in [0, 0.05) is 29.5 Å². The Morgan fingerprint density at radius 2 is 1.72 bits per heavy atom. The van der Waals surface area contributed by atoms with Crippen LogP contribution >= 0.6 is 15.9 Å². The standard InChI is InChI=1S/C24H30BrN3O/c1-2-3-4-5-6-9-18-28-22-11-8-7-10-21(22)27-23(28)16-17-26-24(29)19-12-14-20(25)15-13-19/h7-8,10-15H,2-6,9,16-18H2,1H3,(H,26,29). The summed E-state index contributed by atoms with van der Waals surface area (Å²) in [6.07, 6.45) is 8.40. The molecule has 0 radical (unpaired) electrons. The lowest BCUT2D eigenvalue weighted by molar-refractivity contribution is 0.0954. The van der Waals surface area contributed by atoms with Crippen molar-refractivity contribution in [3.05, 3.63) is 64.4 Å². The third kappa shape index (κ3) is 6.17. The van der Waals surface area contributed by atoms with E-state index in [4.69, 9.17) is 4.98 Å². The minimum absolute atomic E-state index is 0.0453. The SMILES string of the molecule is CCCCCCCCn1c(CCNC(=O)c2ccc(Br)cc2)nc2ccccc21. The molecule has 5 heteroatoms. The van der Waals surface area contributed by atoms with Crippen molar-refractivity contribution in [1.29, 1.82) is 0 Å². The van der Waals surface area contributed by atoms with E-state index in [1.165, 1.54) is 44.0 Å². The zero-order valence-electron chi connectivity index (χ0n) is 17.2. The summed E-state index contributed by atoms with van der Waals surface area (Å²) < 4.78 is 3.30. The minimum Gasteiger partial charge on any atom is -0.352 e. The molecule has 1 N–H and O–H groups in total. The highest BCUT2D eigenvalue weighted by atomic mass is 79.9. The van der Waals surface area contributed by atoms with Crippen LogP contribution in [0.3, 0.4) is 0 Å². The van der Waals surface area contributed by atoms with Crippen molar-refractivity contribution in [1.82, 2.24) is 14.9 Å². The van der Waals surface area contributed by atoms with E-state index in [0.717, 1.165) is 28.8 Å². The van der Waals surface area contributed by atoms with E-state index < -0.39 is 0 Å². The van der Waals surface area contributed by atoms with E-state index in [1.807, 2.05) is 30.3 Å². The Balaban J connectivity index is 1.59. The molecule has 0 bridgehead atoms. The average molecular weight is 456 g/mol. The molecule has 4 nitrogen and oxygen atoms in total. The highest BCUT2D eigenvalue weighted by molar-refractivity contribution is 9.10. The van der Waals surface area contributed by atoms with Gasteiger partial charge >= 0.3 is 0 Å². The molecule has 0 saturated carbocycles. The summed E-state index contributed by atoms with van der Waals surface area (Å²) in [6.45, 7) is 3.82. The molecule has 1 amide bonds.